The van der Waals surface area contributed by atoms with Crippen LogP contribution in [-0.4, -0.2) is 60.4 Å². The van der Waals surface area contributed by atoms with Crippen molar-refractivity contribution in [1.82, 2.24) is 9.80 Å². The second-order valence-electron chi connectivity index (χ2n) is 7.80. The Morgan fingerprint density at radius 2 is 1.81 bits per heavy atom. The highest BCUT2D eigenvalue weighted by Gasteiger charge is 2.33. The molecule has 6 nitrogen and oxygen atoms in total. The van der Waals surface area contributed by atoms with Gasteiger partial charge in [-0.05, 0) is 50.7 Å². The van der Waals surface area contributed by atoms with E-state index in [9.17, 15) is 9.59 Å². The maximum absolute atomic E-state index is 12.9. The third-order valence-corrected chi connectivity index (χ3v) is 5.82. The average Bonchev–Trinajstić information content (AvgIpc) is 2.72. The van der Waals surface area contributed by atoms with Gasteiger partial charge in [0.2, 0.25) is 5.91 Å². The summed E-state index contributed by atoms with van der Waals surface area (Å²) in [5.41, 5.74) is 6.04. The van der Waals surface area contributed by atoms with E-state index in [4.69, 9.17) is 10.5 Å². The van der Waals surface area contributed by atoms with E-state index in [2.05, 4.69) is 0 Å². The first-order chi connectivity index (χ1) is 13.0. The van der Waals surface area contributed by atoms with Gasteiger partial charge < -0.3 is 20.3 Å². The number of hydrogen-bond acceptors (Lipinski definition) is 4. The van der Waals surface area contributed by atoms with Crippen LogP contribution in [0.25, 0.3) is 0 Å². The van der Waals surface area contributed by atoms with Gasteiger partial charge in [-0.2, -0.15) is 0 Å². The Balaban J connectivity index is 1.44. The van der Waals surface area contributed by atoms with Crippen molar-refractivity contribution in [2.75, 3.05) is 32.8 Å². The van der Waals surface area contributed by atoms with Crippen LogP contribution < -0.4 is 10.5 Å². The third-order valence-electron chi connectivity index (χ3n) is 5.82. The van der Waals surface area contributed by atoms with Crippen LogP contribution in [0.2, 0.25) is 0 Å². The van der Waals surface area contributed by atoms with Crippen molar-refractivity contribution < 1.29 is 14.3 Å². The first-order valence-electron chi connectivity index (χ1n) is 10.0. The van der Waals surface area contributed by atoms with Crippen LogP contribution in [0, 0.1) is 11.8 Å². The van der Waals surface area contributed by atoms with Crippen molar-refractivity contribution in [1.29, 1.82) is 0 Å². The zero-order valence-electron chi connectivity index (χ0n) is 16.2. The minimum absolute atomic E-state index is 0.0141. The summed E-state index contributed by atoms with van der Waals surface area (Å²) in [6, 6.07) is 9.49. The number of hydrogen-bond donors (Lipinski definition) is 1. The minimum Gasteiger partial charge on any atom is -0.484 e. The lowest BCUT2D eigenvalue weighted by Crippen LogP contribution is -2.49. The molecule has 0 aromatic heterocycles. The van der Waals surface area contributed by atoms with Crippen molar-refractivity contribution in [2.45, 2.75) is 38.6 Å². The van der Waals surface area contributed by atoms with Crippen LogP contribution in [0.1, 0.15) is 32.6 Å². The molecule has 2 atom stereocenters. The Bertz CT molecular complexity index is 627. The molecular formula is C21H31N3O3. The van der Waals surface area contributed by atoms with Gasteiger partial charge in [0, 0.05) is 38.1 Å². The summed E-state index contributed by atoms with van der Waals surface area (Å²) < 4.78 is 5.55. The minimum atomic E-state index is -0.0141. The number of nitrogens with two attached hydrogens (primary N) is 1. The first-order valence-corrected chi connectivity index (χ1v) is 10.0. The van der Waals surface area contributed by atoms with E-state index in [-0.39, 0.29) is 30.4 Å². The summed E-state index contributed by atoms with van der Waals surface area (Å²) >= 11 is 0. The van der Waals surface area contributed by atoms with E-state index >= 15 is 0 Å². The molecular weight excluding hydrogens is 342 g/mol. The monoisotopic (exact) mass is 373 g/mol. The number of ether oxygens (including phenoxy) is 1. The van der Waals surface area contributed by atoms with Crippen molar-refractivity contribution in [3.63, 3.8) is 0 Å². The molecule has 2 N–H and O–H groups in total. The molecule has 2 amide bonds. The molecule has 3 rings (SSSR count). The van der Waals surface area contributed by atoms with Crippen molar-refractivity contribution >= 4 is 11.8 Å². The number of para-hydroxylation sites is 1. The van der Waals surface area contributed by atoms with E-state index in [1.165, 1.54) is 0 Å². The van der Waals surface area contributed by atoms with Gasteiger partial charge in [0.1, 0.15) is 5.75 Å². The summed E-state index contributed by atoms with van der Waals surface area (Å²) in [7, 11) is 0. The average molecular weight is 373 g/mol. The molecule has 2 unspecified atom stereocenters. The maximum atomic E-state index is 12.9. The fourth-order valence-electron chi connectivity index (χ4n) is 4.03. The quantitative estimate of drug-likeness (QED) is 0.855. The Hall–Kier alpha value is -2.08. The van der Waals surface area contributed by atoms with Crippen LogP contribution in [0.15, 0.2) is 30.3 Å². The lowest BCUT2D eigenvalue weighted by Gasteiger charge is -2.38. The van der Waals surface area contributed by atoms with Crippen LogP contribution >= 0.6 is 0 Å². The van der Waals surface area contributed by atoms with Crippen molar-refractivity contribution in [3.8, 4) is 5.75 Å². The van der Waals surface area contributed by atoms with Gasteiger partial charge in [-0.25, -0.2) is 0 Å². The maximum Gasteiger partial charge on any atom is 0.260 e. The molecule has 0 aliphatic carbocycles. The molecule has 2 saturated heterocycles. The summed E-state index contributed by atoms with van der Waals surface area (Å²) in [5, 5.41) is 0. The molecule has 1 aromatic carbocycles. The Morgan fingerprint density at radius 1 is 1.11 bits per heavy atom. The topological polar surface area (TPSA) is 75.9 Å². The lowest BCUT2D eigenvalue weighted by molar-refractivity contribution is -0.142. The van der Waals surface area contributed by atoms with Gasteiger partial charge in [0.05, 0.1) is 0 Å². The van der Waals surface area contributed by atoms with Gasteiger partial charge in [-0.15, -0.1) is 0 Å². The van der Waals surface area contributed by atoms with Gasteiger partial charge >= 0.3 is 0 Å². The molecule has 148 valence electrons. The van der Waals surface area contributed by atoms with Crippen LogP contribution in [0.4, 0.5) is 0 Å². The molecule has 0 radical (unpaired) electrons. The second-order valence-corrected chi connectivity index (χ2v) is 7.80. The van der Waals surface area contributed by atoms with Gasteiger partial charge in [-0.1, -0.05) is 18.2 Å². The molecule has 0 bridgehead atoms. The number of benzene rings is 1. The van der Waals surface area contributed by atoms with E-state index < -0.39 is 0 Å². The highest BCUT2D eigenvalue weighted by atomic mass is 16.5. The van der Waals surface area contributed by atoms with E-state index in [1.54, 1.807) is 0 Å². The number of rotatable bonds is 5. The summed E-state index contributed by atoms with van der Waals surface area (Å²) in [6.07, 6.45) is 3.60. The number of likely N-dealkylation sites (tertiary alicyclic amines) is 2. The Morgan fingerprint density at radius 3 is 2.48 bits per heavy atom. The number of amides is 2. The van der Waals surface area contributed by atoms with E-state index in [0.29, 0.717) is 24.8 Å². The Labute approximate surface area is 161 Å². The zero-order valence-corrected chi connectivity index (χ0v) is 16.2. The summed E-state index contributed by atoms with van der Waals surface area (Å²) in [4.78, 5) is 29.0. The molecule has 0 saturated carbocycles. The molecule has 2 aliphatic heterocycles. The predicted molar refractivity (Wildman–Crippen MR) is 104 cm³/mol. The molecule has 1 aromatic rings. The summed E-state index contributed by atoms with van der Waals surface area (Å²) in [5.74, 6) is 1.35. The molecule has 2 fully saturated rings. The standard InChI is InChI=1S/C21H31N3O3/c1-16(22)18-6-5-11-24(14-18)21(26)17-9-12-23(13-10-17)20(25)15-27-19-7-3-2-4-8-19/h2-4,7-8,16-18H,5-6,9-15,22H2,1H3. The van der Waals surface area contributed by atoms with Crippen LogP contribution in [0.3, 0.4) is 0 Å². The molecule has 27 heavy (non-hydrogen) atoms. The van der Waals surface area contributed by atoms with E-state index in [0.717, 1.165) is 38.8 Å². The molecule has 6 heteroatoms. The summed E-state index contributed by atoms with van der Waals surface area (Å²) in [6.45, 7) is 4.94. The smallest absolute Gasteiger partial charge is 0.260 e. The number of carbonyl (C=O) groups excluding carboxylic acids is 2. The normalized spacial score (nSPS) is 22.4. The third kappa shape index (κ3) is 5.22. The van der Waals surface area contributed by atoms with Crippen LogP contribution in [0.5, 0.6) is 5.75 Å². The molecule has 0 spiro atoms. The molecule has 2 heterocycles. The zero-order chi connectivity index (χ0) is 19.2. The largest absolute Gasteiger partial charge is 0.484 e. The van der Waals surface area contributed by atoms with Gasteiger partial charge in [0.25, 0.3) is 5.91 Å². The lowest BCUT2D eigenvalue weighted by atomic mass is 9.89. The number of carbonyl (C=O) groups is 2. The Kier molecular flexibility index (Phi) is 6.72. The van der Waals surface area contributed by atoms with Gasteiger partial charge in [0.15, 0.2) is 6.61 Å². The van der Waals surface area contributed by atoms with Crippen molar-refractivity contribution in [3.05, 3.63) is 30.3 Å². The van der Waals surface area contributed by atoms with E-state index in [1.807, 2.05) is 47.1 Å². The SMILES string of the molecule is CC(N)C1CCCN(C(=O)C2CCN(C(=O)COc3ccccc3)CC2)C1. The fourth-order valence-corrected chi connectivity index (χ4v) is 4.03. The second kappa shape index (κ2) is 9.22. The molecule has 2 aliphatic rings. The highest BCUT2D eigenvalue weighted by Crippen LogP contribution is 2.25. The number of piperidine rings is 2. The fraction of sp³-hybridized carbons (Fsp3) is 0.619. The first kappa shape index (κ1) is 19.7. The van der Waals surface area contributed by atoms with Crippen LogP contribution in [-0.2, 0) is 9.59 Å². The predicted octanol–water partition coefficient (Wildman–Crippen LogP) is 1.89. The highest BCUT2D eigenvalue weighted by molar-refractivity contribution is 5.80. The van der Waals surface area contributed by atoms with Crippen molar-refractivity contribution in [2.24, 2.45) is 17.6 Å². The van der Waals surface area contributed by atoms with Gasteiger partial charge in [-0.3, -0.25) is 9.59 Å². The number of nitrogens with zero attached hydrogens (tertiary/aromatic N) is 2.